The molecule has 15 heavy (non-hydrogen) atoms. The highest BCUT2D eigenvalue weighted by Gasteiger charge is 2.44. The van der Waals surface area contributed by atoms with Gasteiger partial charge in [-0.1, -0.05) is 12.0 Å². The highest BCUT2D eigenvalue weighted by Crippen LogP contribution is 2.34. The molecule has 2 heterocycles. The van der Waals surface area contributed by atoms with Gasteiger partial charge in [-0.25, -0.2) is 0 Å². The minimum absolute atomic E-state index is 0.639. The Morgan fingerprint density at radius 3 is 2.80 bits per heavy atom. The second kappa shape index (κ2) is 3.37. The number of rotatable bonds is 1. The summed E-state index contributed by atoms with van der Waals surface area (Å²) >= 11 is 0. The standard InChI is InChI=1S/C13H18N2/c1-3-10-4-5-11(6-10)15-9-12-7-13(15)8-14(12)2/h1,6,11-13H,4-5,7-9H2,2H3. The van der Waals surface area contributed by atoms with Crippen LogP contribution < -0.4 is 0 Å². The van der Waals surface area contributed by atoms with Crippen molar-refractivity contribution in [2.75, 3.05) is 20.1 Å². The number of hydrogen-bond donors (Lipinski definition) is 0. The molecule has 2 bridgehead atoms. The van der Waals surface area contributed by atoms with Gasteiger partial charge in [0.1, 0.15) is 0 Å². The van der Waals surface area contributed by atoms with Gasteiger partial charge < -0.3 is 4.90 Å². The second-order valence-electron chi connectivity index (χ2n) is 5.12. The van der Waals surface area contributed by atoms with Crippen molar-refractivity contribution in [3.05, 3.63) is 11.6 Å². The predicted molar refractivity (Wildman–Crippen MR) is 61.5 cm³/mol. The number of terminal acetylenes is 1. The van der Waals surface area contributed by atoms with Gasteiger partial charge in [0, 0.05) is 31.2 Å². The van der Waals surface area contributed by atoms with Crippen LogP contribution in [0.1, 0.15) is 19.3 Å². The number of hydrogen-bond acceptors (Lipinski definition) is 2. The van der Waals surface area contributed by atoms with Crippen LogP contribution in [0, 0.1) is 12.3 Å². The molecule has 2 nitrogen and oxygen atoms in total. The van der Waals surface area contributed by atoms with Gasteiger partial charge in [0.2, 0.25) is 0 Å². The molecule has 2 heteroatoms. The lowest BCUT2D eigenvalue weighted by Crippen LogP contribution is -2.48. The fourth-order valence-corrected chi connectivity index (χ4v) is 3.39. The summed E-state index contributed by atoms with van der Waals surface area (Å²) < 4.78 is 0. The lowest BCUT2D eigenvalue weighted by Gasteiger charge is -2.35. The maximum Gasteiger partial charge on any atom is 0.0297 e. The molecule has 2 fully saturated rings. The van der Waals surface area contributed by atoms with Crippen LogP contribution >= 0.6 is 0 Å². The van der Waals surface area contributed by atoms with Crippen LogP contribution in [0.5, 0.6) is 0 Å². The van der Waals surface area contributed by atoms with Crippen molar-refractivity contribution in [2.45, 2.75) is 37.4 Å². The Kier molecular flexibility index (Phi) is 2.12. The van der Waals surface area contributed by atoms with E-state index >= 15 is 0 Å². The van der Waals surface area contributed by atoms with E-state index in [1.807, 2.05) is 0 Å². The summed E-state index contributed by atoms with van der Waals surface area (Å²) in [6.45, 7) is 2.50. The normalized spacial score (nSPS) is 40.8. The van der Waals surface area contributed by atoms with Crippen LogP contribution in [0.4, 0.5) is 0 Å². The predicted octanol–water partition coefficient (Wildman–Crippen LogP) is 1.10. The van der Waals surface area contributed by atoms with E-state index in [9.17, 15) is 0 Å². The number of nitrogens with zero attached hydrogens (tertiary/aromatic N) is 2. The molecule has 0 aromatic heterocycles. The van der Waals surface area contributed by atoms with Gasteiger partial charge in [-0.05, 0) is 31.9 Å². The van der Waals surface area contributed by atoms with Gasteiger partial charge in [-0.15, -0.1) is 6.42 Å². The van der Waals surface area contributed by atoms with E-state index in [1.54, 1.807) is 0 Å². The summed E-state index contributed by atoms with van der Waals surface area (Å²) in [6, 6.07) is 2.23. The Balaban J connectivity index is 1.72. The Labute approximate surface area is 91.9 Å². The minimum atomic E-state index is 0.639. The maximum atomic E-state index is 5.45. The van der Waals surface area contributed by atoms with E-state index in [4.69, 9.17) is 6.42 Å². The zero-order valence-corrected chi connectivity index (χ0v) is 9.32. The molecule has 0 radical (unpaired) electrons. The largest absolute Gasteiger partial charge is 0.301 e. The average Bonchev–Trinajstić information content (AvgIpc) is 2.89. The molecule has 0 spiro atoms. The lowest BCUT2D eigenvalue weighted by molar-refractivity contribution is 0.124. The van der Waals surface area contributed by atoms with Crippen LogP contribution in [0.2, 0.25) is 0 Å². The second-order valence-corrected chi connectivity index (χ2v) is 5.12. The van der Waals surface area contributed by atoms with E-state index in [0.29, 0.717) is 6.04 Å². The van der Waals surface area contributed by atoms with Gasteiger partial charge in [0.05, 0.1) is 0 Å². The van der Waals surface area contributed by atoms with Gasteiger partial charge in [0.15, 0.2) is 0 Å². The molecule has 0 aromatic rings. The highest BCUT2D eigenvalue weighted by molar-refractivity contribution is 5.31. The molecule has 3 aliphatic rings. The third-order valence-corrected chi connectivity index (χ3v) is 4.27. The van der Waals surface area contributed by atoms with E-state index in [2.05, 4.69) is 28.8 Å². The van der Waals surface area contributed by atoms with Gasteiger partial charge in [-0.3, -0.25) is 4.90 Å². The summed E-state index contributed by atoms with van der Waals surface area (Å²) in [5.74, 6) is 2.79. The van der Waals surface area contributed by atoms with Gasteiger partial charge in [0.25, 0.3) is 0 Å². The first-order valence-corrected chi connectivity index (χ1v) is 5.91. The molecule has 2 aliphatic heterocycles. The molecular formula is C13H18N2. The van der Waals surface area contributed by atoms with E-state index in [-0.39, 0.29) is 0 Å². The maximum absolute atomic E-state index is 5.45. The zero-order chi connectivity index (χ0) is 10.4. The zero-order valence-electron chi connectivity index (χ0n) is 9.32. The van der Waals surface area contributed by atoms with Crippen LogP contribution in [0.3, 0.4) is 0 Å². The Hall–Kier alpha value is -0.780. The molecule has 0 N–H and O–H groups in total. The summed E-state index contributed by atoms with van der Waals surface area (Å²) in [4.78, 5) is 5.18. The topological polar surface area (TPSA) is 6.48 Å². The van der Waals surface area contributed by atoms with Crippen LogP contribution in [0.15, 0.2) is 11.6 Å². The molecule has 3 unspecified atom stereocenters. The molecular weight excluding hydrogens is 184 g/mol. The van der Waals surface area contributed by atoms with E-state index < -0.39 is 0 Å². The van der Waals surface area contributed by atoms with Crippen LogP contribution in [0.25, 0.3) is 0 Å². The third kappa shape index (κ3) is 1.42. The molecule has 3 atom stereocenters. The fourth-order valence-electron chi connectivity index (χ4n) is 3.39. The summed E-state index contributed by atoms with van der Waals surface area (Å²) in [5, 5.41) is 0. The van der Waals surface area contributed by atoms with Crippen molar-refractivity contribution >= 4 is 0 Å². The molecule has 3 rings (SSSR count). The van der Waals surface area contributed by atoms with Crippen molar-refractivity contribution in [1.82, 2.24) is 9.80 Å². The molecule has 2 saturated heterocycles. The molecule has 0 saturated carbocycles. The number of likely N-dealkylation sites (tertiary alicyclic amines) is 2. The van der Waals surface area contributed by atoms with Crippen molar-refractivity contribution < 1.29 is 0 Å². The van der Waals surface area contributed by atoms with E-state index in [1.165, 1.54) is 31.5 Å². The quantitative estimate of drug-likeness (QED) is 0.587. The SMILES string of the molecule is C#CC1=CC(N2CC3CC2CN3C)CC1. The number of fused-ring (bicyclic) bond motifs is 2. The Morgan fingerprint density at radius 2 is 2.27 bits per heavy atom. The minimum Gasteiger partial charge on any atom is -0.301 e. The van der Waals surface area contributed by atoms with Crippen molar-refractivity contribution in [2.24, 2.45) is 0 Å². The van der Waals surface area contributed by atoms with Gasteiger partial charge in [-0.2, -0.15) is 0 Å². The van der Waals surface area contributed by atoms with Crippen molar-refractivity contribution in [3.8, 4) is 12.3 Å². The number of allylic oxidation sites excluding steroid dienone is 1. The molecule has 80 valence electrons. The monoisotopic (exact) mass is 202 g/mol. The third-order valence-electron chi connectivity index (χ3n) is 4.27. The number of piperazine rings is 1. The smallest absolute Gasteiger partial charge is 0.0297 e. The van der Waals surface area contributed by atoms with Crippen molar-refractivity contribution in [1.29, 1.82) is 0 Å². The Morgan fingerprint density at radius 1 is 1.40 bits per heavy atom. The first-order chi connectivity index (χ1) is 7.28. The first kappa shape index (κ1) is 9.45. The van der Waals surface area contributed by atoms with E-state index in [0.717, 1.165) is 18.5 Å². The van der Waals surface area contributed by atoms with Crippen LogP contribution in [-0.4, -0.2) is 48.1 Å². The van der Waals surface area contributed by atoms with Crippen LogP contribution in [-0.2, 0) is 0 Å². The van der Waals surface area contributed by atoms with Gasteiger partial charge >= 0.3 is 0 Å². The lowest BCUT2D eigenvalue weighted by atomic mass is 10.2. The summed E-state index contributed by atoms with van der Waals surface area (Å²) in [6.07, 6.45) is 11.5. The number of likely N-dealkylation sites (N-methyl/N-ethyl adjacent to an activating group) is 1. The Bertz CT molecular complexity index is 337. The first-order valence-electron chi connectivity index (χ1n) is 5.91. The summed E-state index contributed by atoms with van der Waals surface area (Å²) in [5.41, 5.74) is 1.22. The molecule has 0 amide bonds. The highest BCUT2D eigenvalue weighted by atomic mass is 15.3. The average molecular weight is 202 g/mol. The van der Waals surface area contributed by atoms with Crippen molar-refractivity contribution in [3.63, 3.8) is 0 Å². The fraction of sp³-hybridized carbons (Fsp3) is 0.692. The summed E-state index contributed by atoms with van der Waals surface area (Å²) in [7, 11) is 2.25. The molecule has 1 aliphatic carbocycles. The molecule has 0 aromatic carbocycles.